The van der Waals surface area contributed by atoms with Gasteiger partial charge in [-0.3, -0.25) is 4.79 Å². The van der Waals surface area contributed by atoms with Crippen LogP contribution in [0.3, 0.4) is 0 Å². The van der Waals surface area contributed by atoms with Crippen LogP contribution < -0.4 is 0 Å². The number of nitrogens with zero attached hydrogens (tertiary/aromatic N) is 2. The van der Waals surface area contributed by atoms with E-state index in [-0.39, 0.29) is 5.92 Å². The Labute approximate surface area is 85.6 Å². The van der Waals surface area contributed by atoms with Crippen LogP contribution >= 0.6 is 0 Å². The lowest BCUT2D eigenvalue weighted by atomic mass is 10.1. The molecule has 1 aliphatic rings. The van der Waals surface area contributed by atoms with Crippen LogP contribution in [-0.4, -0.2) is 21.8 Å². The van der Waals surface area contributed by atoms with Gasteiger partial charge in [0, 0.05) is 17.7 Å². The second kappa shape index (κ2) is 2.89. The van der Waals surface area contributed by atoms with Crippen molar-refractivity contribution in [1.82, 2.24) is 9.38 Å². The highest BCUT2D eigenvalue weighted by Gasteiger charge is 2.40. The minimum atomic E-state index is -0.783. The first-order valence-corrected chi connectivity index (χ1v) is 4.85. The van der Waals surface area contributed by atoms with E-state index in [2.05, 4.69) is 4.98 Å². The third-order valence-electron chi connectivity index (χ3n) is 2.90. The molecule has 0 amide bonds. The molecule has 0 saturated heterocycles. The molecule has 0 radical (unpaired) electrons. The summed E-state index contributed by atoms with van der Waals surface area (Å²) in [6, 6.07) is 1.81. The number of aldehydes is 1. The van der Waals surface area contributed by atoms with Crippen LogP contribution in [0.1, 0.15) is 28.3 Å². The smallest absolute Gasteiger partial charge is 0.152 e. The predicted octanol–water partition coefficient (Wildman–Crippen LogP) is 1.97. The molecular formula is C11H9FN2O. The van der Waals surface area contributed by atoms with Gasteiger partial charge in [-0.1, -0.05) is 0 Å². The first-order valence-electron chi connectivity index (χ1n) is 4.85. The number of aromatic nitrogens is 2. The van der Waals surface area contributed by atoms with Gasteiger partial charge in [-0.25, -0.2) is 9.37 Å². The Hall–Kier alpha value is -1.71. The molecule has 0 aromatic carbocycles. The summed E-state index contributed by atoms with van der Waals surface area (Å²) in [4.78, 5) is 15.0. The van der Waals surface area contributed by atoms with E-state index in [0.717, 1.165) is 17.4 Å². The van der Waals surface area contributed by atoms with Gasteiger partial charge in [-0.2, -0.15) is 0 Å². The van der Waals surface area contributed by atoms with E-state index in [1.807, 2.05) is 12.3 Å². The number of carbonyl (C=O) groups excluding carboxylic acids is 1. The van der Waals surface area contributed by atoms with Gasteiger partial charge < -0.3 is 4.40 Å². The van der Waals surface area contributed by atoms with Crippen molar-refractivity contribution in [2.24, 2.45) is 0 Å². The van der Waals surface area contributed by atoms with E-state index >= 15 is 0 Å². The van der Waals surface area contributed by atoms with Crippen LogP contribution in [0.25, 0.3) is 5.52 Å². The van der Waals surface area contributed by atoms with Gasteiger partial charge in [0.2, 0.25) is 0 Å². The first kappa shape index (κ1) is 8.59. The molecule has 2 atom stereocenters. The number of fused-ring (bicyclic) bond motifs is 1. The maximum absolute atomic E-state index is 13.0. The molecule has 2 aromatic rings. The average molecular weight is 204 g/mol. The zero-order chi connectivity index (χ0) is 10.4. The Bertz CT molecular complexity index is 534. The quantitative estimate of drug-likeness (QED) is 0.701. The molecule has 1 saturated carbocycles. The van der Waals surface area contributed by atoms with Crippen LogP contribution in [0.15, 0.2) is 24.8 Å². The van der Waals surface area contributed by atoms with E-state index in [1.54, 1.807) is 16.9 Å². The average Bonchev–Trinajstić information content (AvgIpc) is 2.80. The third kappa shape index (κ3) is 1.17. The van der Waals surface area contributed by atoms with Gasteiger partial charge in [0.15, 0.2) is 6.29 Å². The van der Waals surface area contributed by atoms with E-state index < -0.39 is 6.17 Å². The molecular weight excluding hydrogens is 195 g/mol. The number of carbonyl (C=O) groups is 1. The molecule has 0 N–H and O–H groups in total. The normalized spacial score (nSPS) is 24.3. The highest BCUT2D eigenvalue weighted by molar-refractivity contribution is 5.88. The van der Waals surface area contributed by atoms with Crippen molar-refractivity contribution < 1.29 is 9.18 Å². The molecule has 1 aliphatic carbocycles. The Morgan fingerprint density at radius 1 is 1.60 bits per heavy atom. The Morgan fingerprint density at radius 3 is 3.07 bits per heavy atom. The van der Waals surface area contributed by atoms with Gasteiger partial charge in [-0.05, 0) is 18.1 Å². The molecule has 3 rings (SSSR count). The summed E-state index contributed by atoms with van der Waals surface area (Å²) < 4.78 is 14.7. The second-order valence-corrected chi connectivity index (χ2v) is 3.85. The largest absolute Gasteiger partial charge is 0.306 e. The Kier molecular flexibility index (Phi) is 1.65. The van der Waals surface area contributed by atoms with Gasteiger partial charge in [0.05, 0.1) is 18.0 Å². The first-order chi connectivity index (χ1) is 7.31. The van der Waals surface area contributed by atoms with E-state index in [4.69, 9.17) is 0 Å². The summed E-state index contributed by atoms with van der Waals surface area (Å²) in [7, 11) is 0. The van der Waals surface area contributed by atoms with E-state index in [1.165, 1.54) is 0 Å². The number of hydrogen-bond donors (Lipinski definition) is 0. The maximum atomic E-state index is 13.0. The van der Waals surface area contributed by atoms with Crippen molar-refractivity contribution in [3.8, 4) is 0 Å². The number of hydrogen-bond acceptors (Lipinski definition) is 2. The number of alkyl halides is 1. The summed E-state index contributed by atoms with van der Waals surface area (Å²) in [5.41, 5.74) is 2.13. The monoisotopic (exact) mass is 204 g/mol. The molecule has 76 valence electrons. The van der Waals surface area contributed by atoms with Crippen molar-refractivity contribution >= 4 is 11.8 Å². The predicted molar refractivity (Wildman–Crippen MR) is 52.8 cm³/mol. The lowest BCUT2D eigenvalue weighted by molar-refractivity contribution is 0.112. The highest BCUT2D eigenvalue weighted by Crippen LogP contribution is 2.44. The summed E-state index contributed by atoms with van der Waals surface area (Å²) in [5, 5.41) is 0. The fourth-order valence-electron chi connectivity index (χ4n) is 1.97. The van der Waals surface area contributed by atoms with E-state index in [0.29, 0.717) is 12.0 Å². The van der Waals surface area contributed by atoms with Gasteiger partial charge in [-0.15, -0.1) is 0 Å². The molecule has 2 unspecified atom stereocenters. The molecule has 3 nitrogen and oxygen atoms in total. The summed E-state index contributed by atoms with van der Waals surface area (Å²) in [6.45, 7) is 0. The topological polar surface area (TPSA) is 34.4 Å². The van der Waals surface area contributed by atoms with Crippen LogP contribution in [0.5, 0.6) is 0 Å². The molecule has 15 heavy (non-hydrogen) atoms. The molecule has 2 heterocycles. The van der Waals surface area contributed by atoms with Crippen LogP contribution in [0.2, 0.25) is 0 Å². The molecule has 2 aromatic heterocycles. The summed E-state index contributed by atoms with van der Waals surface area (Å²) in [6.07, 6.45) is 5.61. The van der Waals surface area contributed by atoms with Crippen LogP contribution in [0, 0.1) is 0 Å². The lowest BCUT2D eigenvalue weighted by Gasteiger charge is -2.04. The van der Waals surface area contributed by atoms with Crippen LogP contribution in [-0.2, 0) is 0 Å². The summed E-state index contributed by atoms with van der Waals surface area (Å²) in [5.74, 6) is -0.0925. The van der Waals surface area contributed by atoms with Gasteiger partial charge in [0.25, 0.3) is 0 Å². The maximum Gasteiger partial charge on any atom is 0.152 e. The second-order valence-electron chi connectivity index (χ2n) is 3.85. The van der Waals surface area contributed by atoms with Crippen molar-refractivity contribution in [3.05, 3.63) is 35.9 Å². The van der Waals surface area contributed by atoms with Gasteiger partial charge >= 0.3 is 0 Å². The van der Waals surface area contributed by atoms with Gasteiger partial charge in [0.1, 0.15) is 6.17 Å². The zero-order valence-corrected chi connectivity index (χ0v) is 7.93. The van der Waals surface area contributed by atoms with E-state index in [9.17, 15) is 9.18 Å². The Balaban J connectivity index is 2.24. The molecule has 0 aliphatic heterocycles. The standard InChI is InChI=1S/C11H9FN2O/c12-10-3-8(10)7-1-2-14-6-13-4-11(14)9(7)5-15/h1-2,4-6,8,10H,3H2. The SMILES string of the molecule is O=Cc1c(C2CC2F)ccn2cncc12. The number of imidazole rings is 1. The molecule has 4 heteroatoms. The minimum absolute atomic E-state index is 0.0925. The number of pyridine rings is 1. The molecule has 1 fully saturated rings. The highest BCUT2D eigenvalue weighted by atomic mass is 19.1. The Morgan fingerprint density at radius 2 is 2.40 bits per heavy atom. The summed E-state index contributed by atoms with van der Waals surface area (Å²) >= 11 is 0. The van der Waals surface area contributed by atoms with Crippen LogP contribution in [0.4, 0.5) is 4.39 Å². The number of halogens is 1. The number of rotatable bonds is 2. The van der Waals surface area contributed by atoms with Crippen molar-refractivity contribution in [2.75, 3.05) is 0 Å². The van der Waals surface area contributed by atoms with Crippen molar-refractivity contribution in [1.29, 1.82) is 0 Å². The fraction of sp³-hybridized carbons (Fsp3) is 0.273. The lowest BCUT2D eigenvalue weighted by Crippen LogP contribution is -1.96. The van der Waals surface area contributed by atoms with Crippen molar-refractivity contribution in [2.45, 2.75) is 18.5 Å². The minimum Gasteiger partial charge on any atom is -0.306 e. The zero-order valence-electron chi connectivity index (χ0n) is 7.93. The van der Waals surface area contributed by atoms with Crippen molar-refractivity contribution in [3.63, 3.8) is 0 Å². The third-order valence-corrected chi connectivity index (χ3v) is 2.90. The molecule has 0 bridgehead atoms. The molecule has 0 spiro atoms. The fourth-order valence-corrected chi connectivity index (χ4v) is 1.97.